The van der Waals surface area contributed by atoms with E-state index >= 15 is 0 Å². The summed E-state index contributed by atoms with van der Waals surface area (Å²) in [5, 5.41) is 6.44. The van der Waals surface area contributed by atoms with Crippen molar-refractivity contribution in [2.24, 2.45) is 0 Å². The molecule has 9 heteroatoms. The van der Waals surface area contributed by atoms with Crippen molar-refractivity contribution < 1.29 is 4.79 Å². The molecule has 0 heterocycles. The number of carbonyl (C=O) groups excluding carboxylic acids is 1. The minimum atomic E-state index is -0.538. The highest BCUT2D eigenvalue weighted by Gasteiger charge is 2.11. The second kappa shape index (κ2) is 7.35. The van der Waals surface area contributed by atoms with Crippen LogP contribution < -0.4 is 10.6 Å². The standard InChI is InChI=1S/C13H6Cl6N2O/c14-7-1-5(2-8(15)11(7)18)20-13(22)21-6-3-9(16)12(19)10(17)4-6/h1-4H,(H2,20,21,22). The summed E-state index contributed by atoms with van der Waals surface area (Å²) < 4.78 is 0. The van der Waals surface area contributed by atoms with E-state index in [0.29, 0.717) is 11.4 Å². The van der Waals surface area contributed by atoms with E-state index in [4.69, 9.17) is 69.6 Å². The smallest absolute Gasteiger partial charge is 0.308 e. The summed E-state index contributed by atoms with van der Waals surface area (Å²) in [6.07, 6.45) is 0. The summed E-state index contributed by atoms with van der Waals surface area (Å²) in [6.45, 7) is 0. The van der Waals surface area contributed by atoms with Crippen LogP contribution in [0.15, 0.2) is 24.3 Å². The fourth-order valence-electron chi connectivity index (χ4n) is 1.55. The van der Waals surface area contributed by atoms with Crippen LogP contribution in [0.5, 0.6) is 0 Å². The topological polar surface area (TPSA) is 41.1 Å². The van der Waals surface area contributed by atoms with E-state index < -0.39 is 6.03 Å². The molecule has 116 valence electrons. The average Bonchev–Trinajstić information content (AvgIpc) is 2.41. The van der Waals surface area contributed by atoms with Crippen molar-refractivity contribution in [2.75, 3.05) is 10.6 Å². The molecular formula is C13H6Cl6N2O. The van der Waals surface area contributed by atoms with Crippen LogP contribution in [-0.4, -0.2) is 6.03 Å². The molecule has 2 rings (SSSR count). The molecule has 0 saturated carbocycles. The molecule has 0 unspecified atom stereocenters. The van der Waals surface area contributed by atoms with Crippen molar-refractivity contribution in [2.45, 2.75) is 0 Å². The molecule has 0 aliphatic carbocycles. The molecule has 22 heavy (non-hydrogen) atoms. The molecule has 2 aromatic rings. The van der Waals surface area contributed by atoms with Gasteiger partial charge in [-0.25, -0.2) is 4.79 Å². The van der Waals surface area contributed by atoms with Crippen molar-refractivity contribution >= 4 is 87.0 Å². The Morgan fingerprint density at radius 3 is 1.18 bits per heavy atom. The summed E-state index contributed by atoms with van der Waals surface area (Å²) in [5.74, 6) is 0. The molecule has 0 aromatic heterocycles. The quantitative estimate of drug-likeness (QED) is 0.495. The summed E-state index contributed by atoms with van der Waals surface area (Å²) in [4.78, 5) is 11.9. The van der Waals surface area contributed by atoms with E-state index in [1.165, 1.54) is 24.3 Å². The Labute approximate surface area is 156 Å². The van der Waals surface area contributed by atoms with Crippen LogP contribution in [0, 0.1) is 0 Å². The first-order valence-electron chi connectivity index (χ1n) is 5.65. The molecule has 0 saturated heterocycles. The number of anilines is 2. The van der Waals surface area contributed by atoms with E-state index in [9.17, 15) is 4.79 Å². The summed E-state index contributed by atoms with van der Waals surface area (Å²) in [5.41, 5.74) is 0.756. The van der Waals surface area contributed by atoms with Gasteiger partial charge >= 0.3 is 6.03 Å². The number of halogens is 6. The summed E-state index contributed by atoms with van der Waals surface area (Å²) in [7, 11) is 0. The number of amides is 2. The Morgan fingerprint density at radius 2 is 0.909 bits per heavy atom. The Kier molecular flexibility index (Phi) is 5.94. The second-order valence-electron chi connectivity index (χ2n) is 4.09. The summed E-state index contributed by atoms with van der Waals surface area (Å²) in [6, 6.07) is 5.34. The number of carbonyl (C=O) groups is 1. The number of benzene rings is 2. The largest absolute Gasteiger partial charge is 0.323 e. The van der Waals surface area contributed by atoms with Crippen LogP contribution in [-0.2, 0) is 0 Å². The zero-order valence-electron chi connectivity index (χ0n) is 10.5. The van der Waals surface area contributed by atoms with Crippen molar-refractivity contribution in [3.63, 3.8) is 0 Å². The maximum absolute atomic E-state index is 11.9. The molecule has 0 radical (unpaired) electrons. The lowest BCUT2D eigenvalue weighted by molar-refractivity contribution is 0.262. The highest BCUT2D eigenvalue weighted by atomic mass is 35.5. The first-order valence-corrected chi connectivity index (χ1v) is 7.92. The fourth-order valence-corrected chi connectivity index (χ4v) is 2.74. The third-order valence-electron chi connectivity index (χ3n) is 2.48. The van der Waals surface area contributed by atoms with Gasteiger partial charge in [-0.1, -0.05) is 69.6 Å². The molecule has 0 spiro atoms. The van der Waals surface area contributed by atoms with Crippen LogP contribution >= 0.6 is 69.6 Å². The highest BCUT2D eigenvalue weighted by molar-refractivity contribution is 6.49. The lowest BCUT2D eigenvalue weighted by Crippen LogP contribution is -2.19. The molecule has 3 nitrogen and oxygen atoms in total. The molecule has 2 amide bonds. The van der Waals surface area contributed by atoms with Crippen LogP contribution in [0.3, 0.4) is 0 Å². The zero-order chi connectivity index (χ0) is 16.4. The molecular weight excluding hydrogens is 413 g/mol. The number of urea groups is 1. The van der Waals surface area contributed by atoms with Crippen LogP contribution in [0.1, 0.15) is 0 Å². The lowest BCUT2D eigenvalue weighted by Gasteiger charge is -2.10. The van der Waals surface area contributed by atoms with E-state index in [-0.39, 0.29) is 30.1 Å². The van der Waals surface area contributed by atoms with Gasteiger partial charge in [0.25, 0.3) is 0 Å². The fraction of sp³-hybridized carbons (Fsp3) is 0. The van der Waals surface area contributed by atoms with Gasteiger partial charge in [0.2, 0.25) is 0 Å². The molecule has 0 atom stereocenters. The van der Waals surface area contributed by atoms with Gasteiger partial charge in [-0.15, -0.1) is 0 Å². The van der Waals surface area contributed by atoms with Crippen molar-refractivity contribution in [3.05, 3.63) is 54.4 Å². The molecule has 0 aliphatic heterocycles. The Morgan fingerprint density at radius 1 is 0.636 bits per heavy atom. The van der Waals surface area contributed by atoms with Gasteiger partial charge < -0.3 is 10.6 Å². The van der Waals surface area contributed by atoms with Gasteiger partial charge in [0.05, 0.1) is 30.1 Å². The summed E-state index contributed by atoms with van der Waals surface area (Å²) >= 11 is 35.2. The molecule has 2 aromatic carbocycles. The zero-order valence-corrected chi connectivity index (χ0v) is 15.0. The SMILES string of the molecule is O=C(Nc1cc(Cl)c(Cl)c(Cl)c1)Nc1cc(Cl)c(Cl)c(Cl)c1. The Hall–Kier alpha value is -0.550. The van der Waals surface area contributed by atoms with Gasteiger partial charge in [0.15, 0.2) is 0 Å². The molecule has 0 fully saturated rings. The number of rotatable bonds is 2. The third kappa shape index (κ3) is 4.25. The van der Waals surface area contributed by atoms with Gasteiger partial charge in [-0.05, 0) is 24.3 Å². The predicted octanol–water partition coefficient (Wildman–Crippen LogP) is 7.25. The van der Waals surface area contributed by atoms with E-state index in [0.717, 1.165) is 0 Å². The maximum Gasteiger partial charge on any atom is 0.323 e. The predicted molar refractivity (Wildman–Crippen MR) is 95.6 cm³/mol. The minimum absolute atomic E-state index is 0.213. The molecule has 2 N–H and O–H groups in total. The van der Waals surface area contributed by atoms with Gasteiger partial charge in [-0.3, -0.25) is 0 Å². The van der Waals surface area contributed by atoms with E-state index in [1.807, 2.05) is 0 Å². The monoisotopic (exact) mass is 416 g/mol. The Bertz CT molecular complexity index is 642. The van der Waals surface area contributed by atoms with E-state index in [2.05, 4.69) is 10.6 Å². The van der Waals surface area contributed by atoms with Gasteiger partial charge in [0, 0.05) is 11.4 Å². The number of hydrogen-bond acceptors (Lipinski definition) is 1. The highest BCUT2D eigenvalue weighted by Crippen LogP contribution is 2.34. The van der Waals surface area contributed by atoms with Crippen molar-refractivity contribution in [1.29, 1.82) is 0 Å². The number of nitrogens with one attached hydrogen (secondary N) is 2. The van der Waals surface area contributed by atoms with Gasteiger partial charge in [-0.2, -0.15) is 0 Å². The van der Waals surface area contributed by atoms with Crippen LogP contribution in [0.25, 0.3) is 0 Å². The number of hydrogen-bond donors (Lipinski definition) is 2. The second-order valence-corrected chi connectivity index (χ2v) is 6.47. The molecule has 0 bridgehead atoms. The van der Waals surface area contributed by atoms with Crippen LogP contribution in [0.2, 0.25) is 30.1 Å². The first kappa shape index (κ1) is 17.8. The van der Waals surface area contributed by atoms with Crippen molar-refractivity contribution in [3.8, 4) is 0 Å². The minimum Gasteiger partial charge on any atom is -0.308 e. The average molecular weight is 419 g/mol. The van der Waals surface area contributed by atoms with Gasteiger partial charge in [0.1, 0.15) is 0 Å². The molecule has 0 aliphatic rings. The maximum atomic E-state index is 11.9. The first-order chi connectivity index (χ1) is 10.3. The van der Waals surface area contributed by atoms with E-state index in [1.54, 1.807) is 0 Å². The normalized spacial score (nSPS) is 10.5. The lowest BCUT2D eigenvalue weighted by atomic mass is 10.3. The Balaban J connectivity index is 2.14. The third-order valence-corrected chi connectivity index (χ3v) is 4.88. The van der Waals surface area contributed by atoms with Crippen molar-refractivity contribution in [1.82, 2.24) is 0 Å². The van der Waals surface area contributed by atoms with Crippen LogP contribution in [0.4, 0.5) is 16.2 Å².